The Morgan fingerprint density at radius 3 is 2.42 bits per heavy atom. The maximum atomic E-state index is 11.9. The van der Waals surface area contributed by atoms with Gasteiger partial charge in [0, 0.05) is 17.2 Å². The molecule has 6 nitrogen and oxygen atoms in total. The van der Waals surface area contributed by atoms with Gasteiger partial charge in [0.15, 0.2) is 5.96 Å². The highest BCUT2D eigenvalue weighted by Crippen LogP contribution is 2.28. The highest BCUT2D eigenvalue weighted by molar-refractivity contribution is 5.96. The molecule has 0 saturated heterocycles. The van der Waals surface area contributed by atoms with Crippen LogP contribution in [0.4, 0.5) is 11.4 Å². The summed E-state index contributed by atoms with van der Waals surface area (Å²) in [6, 6.07) is 5.09. The van der Waals surface area contributed by atoms with E-state index in [1.165, 1.54) is 7.11 Å². The number of nitrogens with two attached hydrogens (primary N) is 1. The molecule has 1 aromatic carbocycles. The predicted molar refractivity (Wildman–Crippen MR) is 76.6 cm³/mol. The molecule has 0 atom stereocenters. The molecule has 1 rings (SSSR count). The van der Waals surface area contributed by atoms with Crippen molar-refractivity contribution in [3.8, 4) is 5.75 Å². The monoisotopic (exact) mass is 264 g/mol. The zero-order valence-electron chi connectivity index (χ0n) is 11.6. The van der Waals surface area contributed by atoms with Crippen LogP contribution in [0.25, 0.3) is 0 Å². The number of hydrogen-bond donors (Lipinski definition) is 4. The first-order valence-corrected chi connectivity index (χ1v) is 5.84. The summed E-state index contributed by atoms with van der Waals surface area (Å²) >= 11 is 0. The fourth-order valence-corrected chi connectivity index (χ4v) is 1.34. The second-order valence-electron chi connectivity index (χ2n) is 5.16. The van der Waals surface area contributed by atoms with Crippen LogP contribution in [0.5, 0.6) is 5.75 Å². The van der Waals surface area contributed by atoms with E-state index < -0.39 is 5.41 Å². The molecule has 0 bridgehead atoms. The third-order valence-electron chi connectivity index (χ3n) is 2.41. The molecular weight excluding hydrogens is 244 g/mol. The van der Waals surface area contributed by atoms with Gasteiger partial charge in [-0.1, -0.05) is 20.8 Å². The Labute approximate surface area is 112 Å². The number of guanidine groups is 1. The second-order valence-corrected chi connectivity index (χ2v) is 5.16. The molecule has 0 aromatic heterocycles. The van der Waals surface area contributed by atoms with E-state index in [9.17, 15) is 4.79 Å². The number of nitrogens with one attached hydrogen (secondary N) is 3. The smallest absolute Gasteiger partial charge is 0.229 e. The molecule has 0 heterocycles. The third-order valence-corrected chi connectivity index (χ3v) is 2.41. The summed E-state index contributed by atoms with van der Waals surface area (Å²) in [6.45, 7) is 5.52. The molecule has 0 saturated carbocycles. The summed E-state index contributed by atoms with van der Waals surface area (Å²) in [5.74, 6) is 0.244. The van der Waals surface area contributed by atoms with Gasteiger partial charge in [-0.2, -0.15) is 0 Å². The molecule has 104 valence electrons. The summed E-state index contributed by atoms with van der Waals surface area (Å²) in [4.78, 5) is 11.9. The van der Waals surface area contributed by atoms with Gasteiger partial charge < -0.3 is 21.1 Å². The number of ether oxygens (including phenoxy) is 1. The van der Waals surface area contributed by atoms with Gasteiger partial charge in [-0.15, -0.1) is 0 Å². The van der Waals surface area contributed by atoms with Gasteiger partial charge in [0.05, 0.1) is 12.8 Å². The molecule has 0 spiro atoms. The van der Waals surface area contributed by atoms with Gasteiger partial charge >= 0.3 is 0 Å². The average Bonchev–Trinajstić information content (AvgIpc) is 2.29. The quantitative estimate of drug-likeness (QED) is 0.495. The minimum atomic E-state index is -0.469. The van der Waals surface area contributed by atoms with Crippen molar-refractivity contribution in [3.05, 3.63) is 18.2 Å². The maximum absolute atomic E-state index is 11.9. The van der Waals surface area contributed by atoms with Crippen molar-refractivity contribution in [2.24, 2.45) is 11.1 Å². The molecular formula is C13H20N4O2. The van der Waals surface area contributed by atoms with Crippen LogP contribution < -0.4 is 21.1 Å². The Bertz CT molecular complexity index is 492. The fourth-order valence-electron chi connectivity index (χ4n) is 1.34. The van der Waals surface area contributed by atoms with Gasteiger partial charge in [-0.25, -0.2) is 0 Å². The van der Waals surface area contributed by atoms with Crippen LogP contribution in [-0.2, 0) is 4.79 Å². The van der Waals surface area contributed by atoms with Gasteiger partial charge in [0.1, 0.15) is 5.75 Å². The number of amides is 1. The first-order valence-electron chi connectivity index (χ1n) is 5.84. The lowest BCUT2D eigenvalue weighted by Crippen LogP contribution is -2.27. The van der Waals surface area contributed by atoms with Crippen molar-refractivity contribution < 1.29 is 9.53 Å². The van der Waals surface area contributed by atoms with Crippen LogP contribution in [0, 0.1) is 10.8 Å². The predicted octanol–water partition coefficient (Wildman–Crippen LogP) is 1.99. The molecule has 19 heavy (non-hydrogen) atoms. The van der Waals surface area contributed by atoms with Crippen LogP contribution in [0.15, 0.2) is 18.2 Å². The SMILES string of the molecule is COc1cc(NC(=O)C(C)(C)C)ccc1NC(=N)N. The molecule has 1 amide bonds. The Morgan fingerprint density at radius 2 is 1.95 bits per heavy atom. The Balaban J connectivity index is 2.94. The maximum Gasteiger partial charge on any atom is 0.229 e. The summed E-state index contributed by atoms with van der Waals surface area (Å²) in [7, 11) is 1.51. The third kappa shape index (κ3) is 4.17. The van der Waals surface area contributed by atoms with Gasteiger partial charge in [0.25, 0.3) is 0 Å². The Hall–Kier alpha value is -2.24. The average molecular weight is 264 g/mol. The molecule has 0 aliphatic carbocycles. The minimum Gasteiger partial charge on any atom is -0.494 e. The molecule has 6 heteroatoms. The number of benzene rings is 1. The zero-order chi connectivity index (χ0) is 14.6. The van der Waals surface area contributed by atoms with Crippen LogP contribution in [-0.4, -0.2) is 19.0 Å². The topological polar surface area (TPSA) is 100 Å². The lowest BCUT2D eigenvalue weighted by molar-refractivity contribution is -0.123. The Morgan fingerprint density at radius 1 is 1.32 bits per heavy atom. The normalized spacial score (nSPS) is 10.7. The number of rotatable bonds is 3. The van der Waals surface area contributed by atoms with Crippen molar-refractivity contribution in [1.82, 2.24) is 0 Å². The van der Waals surface area contributed by atoms with E-state index in [4.69, 9.17) is 15.9 Å². The lowest BCUT2D eigenvalue weighted by Gasteiger charge is -2.18. The number of carbonyl (C=O) groups excluding carboxylic acids is 1. The lowest BCUT2D eigenvalue weighted by atomic mass is 9.95. The van der Waals surface area contributed by atoms with E-state index >= 15 is 0 Å². The Kier molecular flexibility index (Phi) is 4.37. The van der Waals surface area contributed by atoms with E-state index in [2.05, 4.69) is 10.6 Å². The van der Waals surface area contributed by atoms with Crippen molar-refractivity contribution in [2.45, 2.75) is 20.8 Å². The molecule has 1 aromatic rings. The molecule has 0 radical (unpaired) electrons. The number of anilines is 2. The second kappa shape index (κ2) is 5.60. The van der Waals surface area contributed by atoms with Crippen molar-refractivity contribution in [2.75, 3.05) is 17.7 Å². The summed E-state index contributed by atoms with van der Waals surface area (Å²) < 4.78 is 5.19. The highest BCUT2D eigenvalue weighted by Gasteiger charge is 2.21. The summed E-state index contributed by atoms with van der Waals surface area (Å²) in [5.41, 5.74) is 6.01. The molecule has 0 fully saturated rings. The van der Waals surface area contributed by atoms with E-state index in [-0.39, 0.29) is 11.9 Å². The summed E-state index contributed by atoms with van der Waals surface area (Å²) in [6.07, 6.45) is 0. The van der Waals surface area contributed by atoms with Gasteiger partial charge in [-0.3, -0.25) is 10.2 Å². The van der Waals surface area contributed by atoms with E-state index in [0.29, 0.717) is 17.1 Å². The van der Waals surface area contributed by atoms with Crippen LogP contribution in [0.2, 0.25) is 0 Å². The molecule has 0 aliphatic heterocycles. The standard InChI is InChI=1S/C13H20N4O2/c1-13(2,3)11(18)16-8-5-6-9(17-12(14)15)10(7-8)19-4/h5-7H,1-4H3,(H,16,18)(H4,14,15,17). The van der Waals surface area contributed by atoms with Gasteiger partial charge in [0.2, 0.25) is 5.91 Å². The molecule has 0 aliphatic rings. The van der Waals surface area contributed by atoms with Crippen molar-refractivity contribution >= 4 is 23.2 Å². The van der Waals surface area contributed by atoms with E-state index in [1.807, 2.05) is 20.8 Å². The van der Waals surface area contributed by atoms with Crippen LogP contribution in [0.3, 0.4) is 0 Å². The minimum absolute atomic E-state index is 0.0816. The van der Waals surface area contributed by atoms with E-state index in [0.717, 1.165) is 0 Å². The zero-order valence-corrected chi connectivity index (χ0v) is 11.6. The first kappa shape index (κ1) is 14.8. The highest BCUT2D eigenvalue weighted by atomic mass is 16.5. The van der Waals surface area contributed by atoms with Gasteiger partial charge in [-0.05, 0) is 12.1 Å². The molecule has 0 unspecified atom stereocenters. The fraction of sp³-hybridized carbons (Fsp3) is 0.385. The van der Waals surface area contributed by atoms with Crippen LogP contribution >= 0.6 is 0 Å². The van der Waals surface area contributed by atoms with Crippen LogP contribution in [0.1, 0.15) is 20.8 Å². The largest absolute Gasteiger partial charge is 0.494 e. The van der Waals surface area contributed by atoms with Crippen molar-refractivity contribution in [3.63, 3.8) is 0 Å². The van der Waals surface area contributed by atoms with E-state index in [1.54, 1.807) is 18.2 Å². The number of methoxy groups -OCH3 is 1. The molecule has 5 N–H and O–H groups in total. The first-order chi connectivity index (χ1) is 8.74. The number of hydrogen-bond acceptors (Lipinski definition) is 3. The number of carbonyl (C=O) groups is 1. The summed E-state index contributed by atoms with van der Waals surface area (Å²) in [5, 5.41) is 12.7. The van der Waals surface area contributed by atoms with Crippen molar-refractivity contribution in [1.29, 1.82) is 5.41 Å².